The molecule has 34 heavy (non-hydrogen) atoms. The van der Waals surface area contributed by atoms with Crippen LogP contribution in [0.3, 0.4) is 0 Å². The smallest absolute Gasteiger partial charge is 0.410 e. The fourth-order valence-corrected chi connectivity index (χ4v) is 4.93. The predicted molar refractivity (Wildman–Crippen MR) is 134 cm³/mol. The third kappa shape index (κ3) is 4.25. The zero-order valence-corrected chi connectivity index (χ0v) is 21.7. The number of pyridine rings is 1. The van der Waals surface area contributed by atoms with Crippen molar-refractivity contribution in [3.8, 4) is 5.75 Å². The molecule has 3 heterocycles. The normalized spacial score (nSPS) is 15.4. The van der Waals surface area contributed by atoms with Crippen LogP contribution in [-0.2, 0) is 4.74 Å². The third-order valence-electron chi connectivity index (χ3n) is 6.02. The van der Waals surface area contributed by atoms with Gasteiger partial charge in [0.05, 0.1) is 52.5 Å². The highest BCUT2D eigenvalue weighted by Crippen LogP contribution is 2.46. The van der Waals surface area contributed by atoms with Gasteiger partial charge in [-0.05, 0) is 40.7 Å². The van der Waals surface area contributed by atoms with Crippen molar-refractivity contribution >= 4 is 45.9 Å². The number of hydrogen-bond acceptors (Lipinski definition) is 6. The van der Waals surface area contributed by atoms with E-state index in [0.717, 1.165) is 27.7 Å². The van der Waals surface area contributed by atoms with Gasteiger partial charge in [-0.3, -0.25) is 9.67 Å². The lowest BCUT2D eigenvalue weighted by Crippen LogP contribution is -2.50. The Balaban J connectivity index is 1.71. The third-order valence-corrected chi connectivity index (χ3v) is 6.82. The molecule has 4 rings (SSSR count). The van der Waals surface area contributed by atoms with Crippen molar-refractivity contribution < 1.29 is 14.3 Å². The topological polar surface area (TPSA) is 95.5 Å². The molecule has 0 saturated carbocycles. The number of rotatable bonds is 4. The van der Waals surface area contributed by atoms with Gasteiger partial charge >= 0.3 is 6.09 Å². The molecule has 2 aromatic heterocycles. The van der Waals surface area contributed by atoms with Gasteiger partial charge in [-0.15, -0.1) is 0 Å². The van der Waals surface area contributed by atoms with Crippen LogP contribution in [0.15, 0.2) is 18.5 Å². The summed E-state index contributed by atoms with van der Waals surface area (Å²) in [4.78, 5) is 18.3. The lowest BCUT2D eigenvalue weighted by atomic mass is 9.88. The molecule has 1 aliphatic heterocycles. The first kappa shape index (κ1) is 24.4. The minimum Gasteiger partial charge on any atom is -0.496 e. The van der Waals surface area contributed by atoms with Gasteiger partial charge in [0.1, 0.15) is 11.4 Å². The van der Waals surface area contributed by atoms with Crippen molar-refractivity contribution in [2.45, 2.75) is 52.2 Å². The molecule has 0 bridgehead atoms. The monoisotopic (exact) mass is 505 g/mol. The number of nitrogens with zero attached hydrogens (tertiary/aromatic N) is 4. The molecule has 3 aromatic rings. The Morgan fingerprint density at radius 3 is 2.56 bits per heavy atom. The average Bonchev–Trinajstić information content (AvgIpc) is 3.05. The van der Waals surface area contributed by atoms with Crippen LogP contribution in [0.4, 0.5) is 10.5 Å². The second-order valence-corrected chi connectivity index (χ2v) is 10.4. The molecule has 1 fully saturated rings. The first-order valence-electron chi connectivity index (χ1n) is 11.0. The summed E-state index contributed by atoms with van der Waals surface area (Å²) < 4.78 is 13.2. The average molecular weight is 506 g/mol. The standard InChI is InChI=1S/C24H29Cl2N5O3/c1-12-19-17(27)8-28-9-18(19)31(29-12)13(2)15-7-16(25)21(26)20(22(15)33-6)14-10-30(11-14)23(32)34-24(3,4)5/h7-9,13-14H,10-11,27H2,1-6H3. The number of carbonyl (C=O) groups excluding carboxylic acids is 1. The fourth-order valence-electron chi connectivity index (χ4n) is 4.41. The van der Waals surface area contributed by atoms with Crippen molar-refractivity contribution in [1.29, 1.82) is 0 Å². The SMILES string of the molecule is COc1c(C(C)n2nc(C)c3c(N)cncc32)cc(Cl)c(Cl)c1C1CN(C(=O)OC(C)(C)C)C1. The van der Waals surface area contributed by atoms with Gasteiger partial charge < -0.3 is 20.1 Å². The lowest BCUT2D eigenvalue weighted by molar-refractivity contribution is 0.00800. The van der Waals surface area contributed by atoms with Gasteiger partial charge in [-0.25, -0.2) is 4.79 Å². The van der Waals surface area contributed by atoms with Crippen LogP contribution in [0.5, 0.6) is 5.75 Å². The predicted octanol–water partition coefficient (Wildman–Crippen LogP) is 5.58. The second-order valence-electron chi connectivity index (χ2n) is 9.62. The number of carbonyl (C=O) groups is 1. The number of anilines is 1. The minimum absolute atomic E-state index is 0.0342. The molecule has 1 amide bonds. The van der Waals surface area contributed by atoms with E-state index in [4.69, 9.17) is 43.5 Å². The molecule has 8 nitrogen and oxygen atoms in total. The summed E-state index contributed by atoms with van der Waals surface area (Å²) in [6.07, 6.45) is 3.02. The van der Waals surface area contributed by atoms with Crippen molar-refractivity contribution in [2.75, 3.05) is 25.9 Å². The Morgan fingerprint density at radius 2 is 1.94 bits per heavy atom. The van der Waals surface area contributed by atoms with Crippen LogP contribution in [0.2, 0.25) is 10.0 Å². The molecule has 0 aliphatic carbocycles. The molecule has 1 unspecified atom stereocenters. The maximum absolute atomic E-state index is 12.4. The zero-order valence-electron chi connectivity index (χ0n) is 20.1. The highest BCUT2D eigenvalue weighted by atomic mass is 35.5. The number of halogens is 2. The molecule has 1 aromatic carbocycles. The first-order valence-corrected chi connectivity index (χ1v) is 11.8. The number of nitrogens with two attached hydrogens (primary N) is 1. The van der Waals surface area contributed by atoms with E-state index in [-0.39, 0.29) is 18.1 Å². The fraction of sp³-hybridized carbons (Fsp3) is 0.458. The largest absolute Gasteiger partial charge is 0.496 e. The van der Waals surface area contributed by atoms with Crippen molar-refractivity contribution in [3.05, 3.63) is 45.3 Å². The number of aromatic nitrogens is 3. The van der Waals surface area contributed by atoms with Gasteiger partial charge in [0.2, 0.25) is 0 Å². The maximum Gasteiger partial charge on any atom is 0.410 e. The van der Waals surface area contributed by atoms with Crippen LogP contribution < -0.4 is 10.5 Å². The highest BCUT2D eigenvalue weighted by molar-refractivity contribution is 6.42. The van der Waals surface area contributed by atoms with Gasteiger partial charge in [0.15, 0.2) is 0 Å². The summed E-state index contributed by atoms with van der Waals surface area (Å²) in [6.45, 7) is 10.4. The van der Waals surface area contributed by atoms with Crippen LogP contribution in [-0.4, -0.2) is 51.6 Å². The highest BCUT2D eigenvalue weighted by Gasteiger charge is 2.39. The Hall–Kier alpha value is -2.71. The van der Waals surface area contributed by atoms with E-state index in [1.54, 1.807) is 24.4 Å². The number of likely N-dealkylation sites (tertiary alicyclic amines) is 1. The molecule has 2 N–H and O–H groups in total. The Bertz CT molecular complexity index is 1260. The summed E-state index contributed by atoms with van der Waals surface area (Å²) in [5, 5.41) is 6.44. The van der Waals surface area contributed by atoms with Crippen LogP contribution in [0, 0.1) is 6.92 Å². The van der Waals surface area contributed by atoms with Crippen molar-refractivity contribution in [3.63, 3.8) is 0 Å². The van der Waals surface area contributed by atoms with Crippen LogP contribution in [0.25, 0.3) is 10.9 Å². The number of methoxy groups -OCH3 is 1. The van der Waals surface area contributed by atoms with Gasteiger partial charge in [-0.2, -0.15) is 5.10 Å². The molecular formula is C24H29Cl2N5O3. The van der Waals surface area contributed by atoms with E-state index in [1.165, 1.54) is 0 Å². The summed E-state index contributed by atoms with van der Waals surface area (Å²) in [5.41, 5.74) is 9.41. The number of fused-ring (bicyclic) bond motifs is 1. The van der Waals surface area contributed by atoms with E-state index >= 15 is 0 Å². The first-order chi connectivity index (χ1) is 15.9. The van der Waals surface area contributed by atoms with Gasteiger partial charge in [0, 0.05) is 35.5 Å². The quantitative estimate of drug-likeness (QED) is 0.496. The number of ether oxygens (including phenoxy) is 2. The molecule has 182 valence electrons. The van der Waals surface area contributed by atoms with E-state index in [0.29, 0.717) is 34.6 Å². The summed E-state index contributed by atoms with van der Waals surface area (Å²) in [7, 11) is 1.61. The molecule has 0 spiro atoms. The maximum atomic E-state index is 12.4. The molecule has 0 radical (unpaired) electrons. The van der Waals surface area contributed by atoms with Gasteiger partial charge in [-0.1, -0.05) is 23.2 Å². The summed E-state index contributed by atoms with van der Waals surface area (Å²) in [6, 6.07) is 1.56. The van der Waals surface area contributed by atoms with Gasteiger partial charge in [0.25, 0.3) is 0 Å². The molecule has 1 atom stereocenters. The Morgan fingerprint density at radius 1 is 1.26 bits per heavy atom. The van der Waals surface area contributed by atoms with Crippen molar-refractivity contribution in [1.82, 2.24) is 19.7 Å². The van der Waals surface area contributed by atoms with Crippen molar-refractivity contribution in [2.24, 2.45) is 0 Å². The van der Waals surface area contributed by atoms with E-state index < -0.39 is 5.60 Å². The number of nitrogen functional groups attached to an aromatic ring is 1. The molecule has 1 aliphatic rings. The lowest BCUT2D eigenvalue weighted by Gasteiger charge is -2.41. The van der Waals surface area contributed by atoms with E-state index in [1.807, 2.05) is 45.4 Å². The van der Waals surface area contributed by atoms with E-state index in [2.05, 4.69) is 4.98 Å². The minimum atomic E-state index is -0.556. The number of benzene rings is 1. The number of hydrogen-bond donors (Lipinski definition) is 1. The second kappa shape index (κ2) is 8.82. The number of aryl methyl sites for hydroxylation is 1. The Kier molecular flexibility index (Phi) is 6.33. The number of amides is 1. The molecule has 10 heteroatoms. The summed E-state index contributed by atoms with van der Waals surface area (Å²) >= 11 is 13.3. The van der Waals surface area contributed by atoms with Crippen LogP contribution >= 0.6 is 23.2 Å². The van der Waals surface area contributed by atoms with E-state index in [9.17, 15) is 4.79 Å². The Labute approximate surface area is 208 Å². The summed E-state index contributed by atoms with van der Waals surface area (Å²) in [5.74, 6) is 0.599. The van der Waals surface area contributed by atoms with Crippen LogP contribution in [0.1, 0.15) is 56.5 Å². The zero-order chi connectivity index (χ0) is 24.9. The molecule has 1 saturated heterocycles. The molecular weight excluding hydrogens is 477 g/mol.